The summed E-state index contributed by atoms with van der Waals surface area (Å²) in [6, 6.07) is -1.36. The molecule has 0 radical (unpaired) electrons. The van der Waals surface area contributed by atoms with E-state index < -0.39 is 29.9 Å². The number of allylic oxidation sites excluding steroid dienone is 2. The highest BCUT2D eigenvalue weighted by molar-refractivity contribution is 7.13. The fourth-order valence-electron chi connectivity index (χ4n) is 3.81. The van der Waals surface area contributed by atoms with E-state index in [9.17, 15) is 19.5 Å². The second-order valence-corrected chi connectivity index (χ2v) is 9.21. The maximum absolute atomic E-state index is 12.9. The fourth-order valence-corrected chi connectivity index (χ4v) is 4.92. The average Bonchev–Trinajstić information content (AvgIpc) is 3.40. The van der Waals surface area contributed by atoms with Crippen molar-refractivity contribution in [1.29, 1.82) is 0 Å². The van der Waals surface area contributed by atoms with Crippen molar-refractivity contribution in [2.75, 3.05) is 12.8 Å². The van der Waals surface area contributed by atoms with Gasteiger partial charge < -0.3 is 21.0 Å². The number of fused-ring (bicyclic) bond motifs is 1. The van der Waals surface area contributed by atoms with Crippen molar-refractivity contribution in [3.05, 3.63) is 44.5 Å². The van der Waals surface area contributed by atoms with Crippen LogP contribution in [0.25, 0.3) is 6.08 Å². The molecule has 0 spiro atoms. The van der Waals surface area contributed by atoms with Crippen LogP contribution in [-0.2, 0) is 19.2 Å². The Kier molecular flexibility index (Phi) is 6.24. The van der Waals surface area contributed by atoms with Gasteiger partial charge in [-0.1, -0.05) is 11.2 Å². The van der Waals surface area contributed by atoms with Crippen LogP contribution in [0.15, 0.2) is 33.4 Å². The summed E-state index contributed by atoms with van der Waals surface area (Å²) in [6.07, 6.45) is 4.37. The van der Waals surface area contributed by atoms with Crippen molar-refractivity contribution in [3.8, 4) is 0 Å². The van der Waals surface area contributed by atoms with Crippen LogP contribution in [0.4, 0.5) is 5.13 Å². The maximum atomic E-state index is 12.9. The zero-order chi connectivity index (χ0) is 23.7. The number of rotatable bonds is 7. The summed E-state index contributed by atoms with van der Waals surface area (Å²) in [6.45, 7) is 1.92. The average molecular weight is 489 g/mol. The smallest absolute Gasteiger partial charge is 0.352 e. The number of carbonyl (C=O) groups is 3. The molecule has 4 N–H and O–H groups in total. The van der Waals surface area contributed by atoms with Crippen LogP contribution in [0.2, 0.25) is 0 Å². The van der Waals surface area contributed by atoms with Gasteiger partial charge >= 0.3 is 5.97 Å². The van der Waals surface area contributed by atoms with E-state index in [1.807, 2.05) is 6.92 Å². The van der Waals surface area contributed by atoms with E-state index in [0.717, 1.165) is 21.9 Å². The number of hydrogen-bond acceptors (Lipinski definition) is 10. The minimum absolute atomic E-state index is 0.0797. The van der Waals surface area contributed by atoms with Gasteiger partial charge in [0.05, 0.1) is 17.2 Å². The number of thiazole rings is 2. The van der Waals surface area contributed by atoms with E-state index in [1.165, 1.54) is 23.3 Å². The highest BCUT2D eigenvalue weighted by Gasteiger charge is 2.53. The van der Waals surface area contributed by atoms with E-state index in [1.54, 1.807) is 23.0 Å². The van der Waals surface area contributed by atoms with Gasteiger partial charge in [-0.3, -0.25) is 14.5 Å². The Hall–Kier alpha value is -3.58. The van der Waals surface area contributed by atoms with Gasteiger partial charge in [0.1, 0.15) is 24.5 Å². The van der Waals surface area contributed by atoms with Gasteiger partial charge in [-0.05, 0) is 31.4 Å². The van der Waals surface area contributed by atoms with Crippen molar-refractivity contribution in [2.45, 2.75) is 31.8 Å². The molecule has 172 valence electrons. The molecule has 2 aliphatic heterocycles. The lowest BCUT2D eigenvalue weighted by Gasteiger charge is -2.50. The van der Waals surface area contributed by atoms with E-state index in [0.29, 0.717) is 18.4 Å². The first-order valence-corrected chi connectivity index (χ1v) is 11.6. The quantitative estimate of drug-likeness (QED) is 0.299. The minimum Gasteiger partial charge on any atom is -0.477 e. The number of nitrogens with zero attached hydrogens (tertiary/aromatic N) is 4. The number of β-lactam (4-membered cyclic amide) rings is 1. The van der Waals surface area contributed by atoms with Crippen molar-refractivity contribution in [2.24, 2.45) is 5.16 Å². The zero-order valence-electron chi connectivity index (χ0n) is 17.6. The molecule has 33 heavy (non-hydrogen) atoms. The summed E-state index contributed by atoms with van der Waals surface area (Å²) in [7, 11) is 1.28. The SMILES string of the molecule is CON=C(C(=O)N[C@@H]1C(=O)N2C(C(=O)O)=C(C=Cc3ncsc3C)CCC12)c1csc(N)n1. The Labute approximate surface area is 196 Å². The van der Waals surface area contributed by atoms with E-state index in [2.05, 4.69) is 20.4 Å². The van der Waals surface area contributed by atoms with Gasteiger partial charge in [0.2, 0.25) is 0 Å². The highest BCUT2D eigenvalue weighted by atomic mass is 32.1. The molecule has 2 aliphatic rings. The van der Waals surface area contributed by atoms with Crippen LogP contribution in [0, 0.1) is 6.92 Å². The number of carboxylic acid groups (broad SMARTS) is 1. The van der Waals surface area contributed by atoms with Crippen LogP contribution in [-0.4, -0.2) is 62.7 Å². The molecule has 1 fully saturated rings. The van der Waals surface area contributed by atoms with Crippen LogP contribution >= 0.6 is 22.7 Å². The van der Waals surface area contributed by atoms with Gasteiger partial charge in [0.25, 0.3) is 11.8 Å². The number of oxime groups is 1. The van der Waals surface area contributed by atoms with Gasteiger partial charge in [-0.2, -0.15) is 0 Å². The van der Waals surface area contributed by atoms with Gasteiger partial charge in [-0.15, -0.1) is 22.7 Å². The highest BCUT2D eigenvalue weighted by Crippen LogP contribution is 2.37. The van der Waals surface area contributed by atoms with Gasteiger partial charge in [0, 0.05) is 10.3 Å². The van der Waals surface area contributed by atoms with Crippen molar-refractivity contribution < 1.29 is 24.3 Å². The van der Waals surface area contributed by atoms with E-state index in [-0.39, 0.29) is 22.2 Å². The molecule has 2 aromatic rings. The number of carbonyl (C=O) groups excluding carboxylic acids is 2. The lowest BCUT2D eigenvalue weighted by Crippen LogP contribution is -2.72. The molecule has 4 heterocycles. The Balaban J connectivity index is 1.54. The van der Waals surface area contributed by atoms with Crippen molar-refractivity contribution in [1.82, 2.24) is 20.2 Å². The Morgan fingerprint density at radius 3 is 2.79 bits per heavy atom. The van der Waals surface area contributed by atoms with Crippen LogP contribution in [0.1, 0.15) is 29.1 Å². The molecule has 1 unspecified atom stereocenters. The first-order valence-electron chi connectivity index (χ1n) is 9.83. The molecule has 0 aromatic carbocycles. The number of carboxylic acids is 1. The second-order valence-electron chi connectivity index (χ2n) is 7.26. The predicted octanol–water partition coefficient (Wildman–Crippen LogP) is 1.38. The lowest BCUT2D eigenvalue weighted by molar-refractivity contribution is -0.155. The normalized spacial score (nSPS) is 20.6. The summed E-state index contributed by atoms with van der Waals surface area (Å²) in [5.74, 6) is -2.37. The molecule has 13 heteroatoms. The third-order valence-corrected chi connectivity index (χ3v) is 6.80. The molecule has 0 saturated carbocycles. The number of anilines is 1. The maximum Gasteiger partial charge on any atom is 0.352 e. The summed E-state index contributed by atoms with van der Waals surface area (Å²) >= 11 is 2.63. The van der Waals surface area contributed by atoms with Crippen LogP contribution < -0.4 is 11.1 Å². The summed E-state index contributed by atoms with van der Waals surface area (Å²) in [5, 5.41) is 17.9. The molecule has 0 aliphatic carbocycles. The molecule has 1 saturated heterocycles. The molecule has 0 bridgehead atoms. The predicted molar refractivity (Wildman–Crippen MR) is 122 cm³/mol. The van der Waals surface area contributed by atoms with Crippen LogP contribution in [0.3, 0.4) is 0 Å². The van der Waals surface area contributed by atoms with Gasteiger partial charge in [-0.25, -0.2) is 14.8 Å². The number of nitrogens with one attached hydrogen (secondary N) is 1. The third kappa shape index (κ3) is 4.24. The molecule has 4 rings (SSSR count). The number of aromatic nitrogens is 2. The minimum atomic E-state index is -1.20. The standard InChI is InChI=1S/C20H20N6O5S2/c1-9-11(22-8-33-9)5-3-10-4-6-13-15(18(28)26(13)16(10)19(29)30)24-17(27)14(25-31-2)12-7-32-20(21)23-12/h3,5,7-8,13,15H,4,6H2,1-2H3,(H2,21,23)(H,24,27)(H,29,30)/t13?,15-/m0/s1. The first-order chi connectivity index (χ1) is 15.8. The summed E-state index contributed by atoms with van der Waals surface area (Å²) in [5.41, 5.74) is 8.65. The molecule has 2 amide bonds. The fraction of sp³-hybridized carbons (Fsp3) is 0.300. The number of aryl methyl sites for hydroxylation is 1. The molecule has 2 aromatic heterocycles. The Morgan fingerprint density at radius 2 is 2.18 bits per heavy atom. The number of aliphatic carboxylic acids is 1. The van der Waals surface area contributed by atoms with Crippen molar-refractivity contribution >= 4 is 57.4 Å². The Bertz CT molecular complexity index is 1210. The molecule has 2 atom stereocenters. The first kappa shape index (κ1) is 22.6. The summed E-state index contributed by atoms with van der Waals surface area (Å²) < 4.78 is 0. The van der Waals surface area contributed by atoms with Crippen LogP contribution in [0.5, 0.6) is 0 Å². The number of nitrogen functional groups attached to an aromatic ring is 1. The topological polar surface area (TPSA) is 160 Å². The van der Waals surface area contributed by atoms with Crippen molar-refractivity contribution in [3.63, 3.8) is 0 Å². The molecular formula is C20H20N6O5S2. The zero-order valence-corrected chi connectivity index (χ0v) is 19.3. The number of amides is 2. The van der Waals surface area contributed by atoms with Gasteiger partial charge in [0.15, 0.2) is 10.8 Å². The summed E-state index contributed by atoms with van der Waals surface area (Å²) in [4.78, 5) is 52.9. The van der Waals surface area contributed by atoms with E-state index in [4.69, 9.17) is 10.6 Å². The lowest BCUT2D eigenvalue weighted by atomic mass is 9.83. The number of nitrogens with two attached hydrogens (primary N) is 1. The molecular weight excluding hydrogens is 468 g/mol. The largest absolute Gasteiger partial charge is 0.477 e. The van der Waals surface area contributed by atoms with E-state index >= 15 is 0 Å². The monoisotopic (exact) mass is 488 g/mol. The number of hydrogen-bond donors (Lipinski definition) is 3. The second kappa shape index (κ2) is 9.11. The molecule has 11 nitrogen and oxygen atoms in total. The Morgan fingerprint density at radius 1 is 1.39 bits per heavy atom. The third-order valence-electron chi connectivity index (χ3n) is 5.35.